The number of likely N-dealkylation sites (tertiary alicyclic amines) is 1. The highest BCUT2D eigenvalue weighted by Gasteiger charge is 2.23. The van der Waals surface area contributed by atoms with Crippen LogP contribution in [0, 0.1) is 0 Å². The second-order valence-electron chi connectivity index (χ2n) is 7.99. The highest BCUT2D eigenvalue weighted by molar-refractivity contribution is 5.89. The lowest BCUT2D eigenvalue weighted by molar-refractivity contribution is 0.0895. The molecule has 1 saturated heterocycles. The molecular weight excluding hydrogens is 426 g/mol. The predicted octanol–water partition coefficient (Wildman–Crippen LogP) is 1.07. The van der Waals surface area contributed by atoms with Gasteiger partial charge in [0.15, 0.2) is 5.69 Å². The maximum atomic E-state index is 12.8. The third-order valence-corrected chi connectivity index (χ3v) is 5.83. The molecular formula is C22H27N7O4. The van der Waals surface area contributed by atoms with E-state index in [1.807, 2.05) is 0 Å². The van der Waals surface area contributed by atoms with E-state index in [0.717, 1.165) is 28.8 Å². The van der Waals surface area contributed by atoms with Crippen LogP contribution >= 0.6 is 0 Å². The van der Waals surface area contributed by atoms with Crippen LogP contribution in [0.1, 0.15) is 43.8 Å². The van der Waals surface area contributed by atoms with Crippen LogP contribution in [0.25, 0.3) is 17.2 Å². The summed E-state index contributed by atoms with van der Waals surface area (Å²) in [6, 6.07) is 9.21. The first kappa shape index (κ1) is 22.6. The number of para-hydroxylation sites is 1. The van der Waals surface area contributed by atoms with Crippen molar-refractivity contribution in [1.29, 1.82) is 0 Å². The normalized spacial score (nSPS) is 16.6. The van der Waals surface area contributed by atoms with Crippen molar-refractivity contribution in [3.8, 4) is 17.2 Å². The van der Waals surface area contributed by atoms with Gasteiger partial charge in [0.2, 0.25) is 5.82 Å². The number of hydrogen-bond donors (Lipinski definition) is 1. The highest BCUT2D eigenvalue weighted by atomic mass is 16.5. The lowest BCUT2D eigenvalue weighted by Crippen LogP contribution is -2.42. The number of rotatable bonds is 7. The number of piperidine rings is 1. The zero-order chi connectivity index (χ0) is 23.4. The van der Waals surface area contributed by atoms with Gasteiger partial charge in [0.25, 0.3) is 5.56 Å². The fourth-order valence-corrected chi connectivity index (χ4v) is 3.96. The second-order valence-corrected chi connectivity index (χ2v) is 7.99. The predicted molar refractivity (Wildman–Crippen MR) is 120 cm³/mol. The third kappa shape index (κ3) is 4.77. The molecule has 4 rings (SSSR count). The van der Waals surface area contributed by atoms with E-state index in [4.69, 9.17) is 4.52 Å². The first-order chi connectivity index (χ1) is 16.0. The molecule has 2 aromatic heterocycles. The van der Waals surface area contributed by atoms with Crippen LogP contribution in [0.3, 0.4) is 0 Å². The van der Waals surface area contributed by atoms with Crippen molar-refractivity contribution in [2.75, 3.05) is 19.6 Å². The van der Waals surface area contributed by atoms with Gasteiger partial charge in [0, 0.05) is 25.7 Å². The van der Waals surface area contributed by atoms with Gasteiger partial charge >= 0.3 is 17.5 Å². The molecule has 0 saturated carbocycles. The SMILES string of the molecule is CCn1c(=O)c(-c2noc(C(=O)NCCN3CCCC[C@@H]3C)n2)nn(-c2ccccc2)c1=O. The van der Waals surface area contributed by atoms with Crippen molar-refractivity contribution in [1.82, 2.24) is 34.7 Å². The summed E-state index contributed by atoms with van der Waals surface area (Å²) < 4.78 is 7.23. The fraction of sp³-hybridized carbons (Fsp3) is 0.455. The molecule has 11 nitrogen and oxygen atoms in total. The smallest absolute Gasteiger partial charge is 0.347 e. The van der Waals surface area contributed by atoms with Gasteiger partial charge in [-0.25, -0.2) is 4.79 Å². The average molecular weight is 454 g/mol. The van der Waals surface area contributed by atoms with E-state index in [9.17, 15) is 14.4 Å². The van der Waals surface area contributed by atoms with Gasteiger partial charge in [-0.15, -0.1) is 0 Å². The summed E-state index contributed by atoms with van der Waals surface area (Å²) in [6.45, 7) is 6.21. The van der Waals surface area contributed by atoms with Crippen LogP contribution in [-0.2, 0) is 6.54 Å². The van der Waals surface area contributed by atoms with Crippen molar-refractivity contribution >= 4 is 5.91 Å². The molecule has 1 aliphatic heterocycles. The largest absolute Gasteiger partial charge is 0.352 e. The molecule has 1 atom stereocenters. The Morgan fingerprint density at radius 1 is 1.21 bits per heavy atom. The maximum absolute atomic E-state index is 12.8. The van der Waals surface area contributed by atoms with Gasteiger partial charge in [-0.2, -0.15) is 14.8 Å². The second kappa shape index (κ2) is 9.90. The number of nitrogens with zero attached hydrogens (tertiary/aromatic N) is 6. The van der Waals surface area contributed by atoms with Gasteiger partial charge in [0.05, 0.1) is 5.69 Å². The number of carbonyl (C=O) groups is 1. The summed E-state index contributed by atoms with van der Waals surface area (Å²) in [7, 11) is 0. The Morgan fingerprint density at radius 2 is 2.00 bits per heavy atom. The van der Waals surface area contributed by atoms with Crippen LogP contribution in [0.4, 0.5) is 0 Å². The minimum Gasteiger partial charge on any atom is -0.347 e. The Bertz CT molecular complexity index is 1230. The molecule has 0 bridgehead atoms. The monoisotopic (exact) mass is 453 g/mol. The van der Waals surface area contributed by atoms with E-state index in [0.29, 0.717) is 18.3 Å². The van der Waals surface area contributed by atoms with Gasteiger partial charge in [0.1, 0.15) is 0 Å². The number of benzene rings is 1. The summed E-state index contributed by atoms with van der Waals surface area (Å²) in [4.78, 5) is 44.4. The van der Waals surface area contributed by atoms with Gasteiger partial charge in [-0.3, -0.25) is 19.1 Å². The van der Waals surface area contributed by atoms with Crippen LogP contribution < -0.4 is 16.6 Å². The van der Waals surface area contributed by atoms with E-state index >= 15 is 0 Å². The number of amides is 1. The maximum Gasteiger partial charge on any atom is 0.352 e. The lowest BCUT2D eigenvalue weighted by atomic mass is 10.0. The molecule has 3 heterocycles. The van der Waals surface area contributed by atoms with E-state index in [1.54, 1.807) is 37.3 Å². The Balaban J connectivity index is 1.54. The highest BCUT2D eigenvalue weighted by Crippen LogP contribution is 2.15. The van der Waals surface area contributed by atoms with Crippen molar-refractivity contribution in [3.05, 3.63) is 57.1 Å². The first-order valence-electron chi connectivity index (χ1n) is 11.2. The van der Waals surface area contributed by atoms with Crippen molar-refractivity contribution < 1.29 is 9.32 Å². The molecule has 174 valence electrons. The van der Waals surface area contributed by atoms with Crippen molar-refractivity contribution in [2.45, 2.75) is 45.7 Å². The molecule has 33 heavy (non-hydrogen) atoms. The Kier molecular flexibility index (Phi) is 6.78. The zero-order valence-corrected chi connectivity index (χ0v) is 18.7. The summed E-state index contributed by atoms with van der Waals surface area (Å²) in [5.41, 5.74) is -0.919. The molecule has 1 fully saturated rings. The molecule has 1 aliphatic rings. The number of carbonyl (C=O) groups excluding carboxylic acids is 1. The van der Waals surface area contributed by atoms with E-state index in [-0.39, 0.29) is 24.0 Å². The molecule has 0 aliphatic carbocycles. The molecule has 1 aromatic carbocycles. The molecule has 0 unspecified atom stereocenters. The van der Waals surface area contributed by atoms with E-state index < -0.39 is 17.2 Å². The topological polar surface area (TPSA) is 128 Å². The summed E-state index contributed by atoms with van der Waals surface area (Å²) in [5.74, 6) is -0.939. The molecule has 11 heteroatoms. The Labute approximate surface area is 190 Å². The van der Waals surface area contributed by atoms with Crippen molar-refractivity contribution in [2.24, 2.45) is 0 Å². The van der Waals surface area contributed by atoms with Gasteiger partial charge < -0.3 is 9.84 Å². The minimum atomic E-state index is -0.651. The Morgan fingerprint density at radius 3 is 2.73 bits per heavy atom. The fourth-order valence-electron chi connectivity index (χ4n) is 3.96. The number of nitrogens with one attached hydrogen (secondary N) is 1. The lowest BCUT2D eigenvalue weighted by Gasteiger charge is -2.33. The molecule has 0 spiro atoms. The summed E-state index contributed by atoms with van der Waals surface area (Å²) >= 11 is 0. The van der Waals surface area contributed by atoms with E-state index in [1.165, 1.54) is 12.8 Å². The zero-order valence-electron chi connectivity index (χ0n) is 18.7. The van der Waals surface area contributed by atoms with Crippen LogP contribution in [-0.4, -0.2) is 61.0 Å². The van der Waals surface area contributed by atoms with Crippen molar-refractivity contribution in [3.63, 3.8) is 0 Å². The Hall–Kier alpha value is -3.60. The first-order valence-corrected chi connectivity index (χ1v) is 11.2. The van der Waals surface area contributed by atoms with Gasteiger partial charge in [-0.1, -0.05) is 29.8 Å². The summed E-state index contributed by atoms with van der Waals surface area (Å²) in [5, 5.41) is 10.7. The molecule has 0 radical (unpaired) electrons. The molecule has 1 N–H and O–H groups in total. The number of aromatic nitrogens is 5. The molecule has 3 aromatic rings. The standard InChI is InChI=1S/C22H27N7O4/c1-3-28-21(31)17(25-29(22(28)32)16-10-5-4-6-11-16)18-24-20(33-26-18)19(30)23-12-14-27-13-8-7-9-15(27)2/h4-6,10-11,15H,3,7-9,12-14H2,1-2H3,(H,23,30)/t15-/m0/s1. The summed E-state index contributed by atoms with van der Waals surface area (Å²) in [6.07, 6.45) is 3.56. The van der Waals surface area contributed by atoms with Crippen LogP contribution in [0.2, 0.25) is 0 Å². The van der Waals surface area contributed by atoms with Crippen LogP contribution in [0.15, 0.2) is 44.4 Å². The average Bonchev–Trinajstić information content (AvgIpc) is 3.31. The quantitative estimate of drug-likeness (QED) is 0.563. The minimum absolute atomic E-state index is 0.139. The van der Waals surface area contributed by atoms with Gasteiger partial charge in [-0.05, 0) is 45.4 Å². The number of hydrogen-bond acceptors (Lipinski definition) is 8. The third-order valence-electron chi connectivity index (χ3n) is 5.83. The van der Waals surface area contributed by atoms with E-state index in [2.05, 4.69) is 32.4 Å². The van der Waals surface area contributed by atoms with Crippen LogP contribution in [0.5, 0.6) is 0 Å². The molecule has 1 amide bonds.